The maximum atomic E-state index is 11.3. The fourth-order valence-corrected chi connectivity index (χ4v) is 2.38. The van der Waals surface area contributed by atoms with Crippen molar-refractivity contribution in [3.05, 3.63) is 24.3 Å². The third-order valence-corrected chi connectivity index (χ3v) is 4.40. The van der Waals surface area contributed by atoms with Gasteiger partial charge in [-0.3, -0.25) is 0 Å². The van der Waals surface area contributed by atoms with E-state index >= 15 is 0 Å². The van der Waals surface area contributed by atoms with E-state index < -0.39 is 15.3 Å². The highest BCUT2D eigenvalue weighted by molar-refractivity contribution is 7.90. The number of sulfone groups is 1. The van der Waals surface area contributed by atoms with E-state index in [1.54, 1.807) is 12.1 Å². The molecule has 0 aromatic heterocycles. The van der Waals surface area contributed by atoms with Gasteiger partial charge in [0.05, 0.1) is 11.5 Å². The quantitative estimate of drug-likeness (QED) is 0.263. The molecule has 0 spiro atoms. The van der Waals surface area contributed by atoms with Gasteiger partial charge in [0.15, 0.2) is 9.84 Å². The number of hydrogen-bond acceptors (Lipinski definition) is 5. The molecule has 0 fully saturated rings. The molecule has 21 heavy (non-hydrogen) atoms. The Hall–Kier alpha value is -1.76. The molecule has 0 saturated heterocycles. The molecule has 0 amide bonds. The number of hydrogen-bond donors (Lipinski definition) is 2. The van der Waals surface area contributed by atoms with Crippen molar-refractivity contribution in [3.63, 3.8) is 0 Å². The van der Waals surface area contributed by atoms with E-state index in [1.807, 2.05) is 13.8 Å². The fraction of sp³-hybridized carbons (Fsp3) is 0.500. The second-order valence-electron chi connectivity index (χ2n) is 5.56. The van der Waals surface area contributed by atoms with Gasteiger partial charge in [0.1, 0.15) is 11.6 Å². The molecule has 0 radical (unpaired) electrons. The van der Waals surface area contributed by atoms with E-state index in [4.69, 9.17) is 15.7 Å². The highest BCUT2D eigenvalue weighted by Crippen LogP contribution is 2.23. The summed E-state index contributed by atoms with van der Waals surface area (Å²) in [6, 6.07) is 6.30. The number of ether oxygens (including phenoxy) is 1. The van der Waals surface area contributed by atoms with Gasteiger partial charge in [-0.2, -0.15) is 0 Å². The van der Waals surface area contributed by atoms with E-state index in [2.05, 4.69) is 5.16 Å². The molecule has 1 aromatic carbocycles. The summed E-state index contributed by atoms with van der Waals surface area (Å²) in [5.74, 6) is 0.809. The van der Waals surface area contributed by atoms with Crippen molar-refractivity contribution < 1.29 is 18.4 Å². The van der Waals surface area contributed by atoms with Crippen LogP contribution in [-0.4, -0.2) is 32.3 Å². The smallest absolute Gasteiger partial charge is 0.175 e. The predicted octanol–water partition coefficient (Wildman–Crippen LogP) is 2.02. The van der Waals surface area contributed by atoms with Gasteiger partial charge in [-0.25, -0.2) is 8.42 Å². The number of oxime groups is 1. The normalized spacial score (nSPS) is 13.2. The van der Waals surface area contributed by atoms with E-state index in [-0.39, 0.29) is 10.7 Å². The molecule has 0 heterocycles. The molecule has 0 aliphatic heterocycles. The Morgan fingerprint density at radius 1 is 1.33 bits per heavy atom. The standard InChI is InChI=1S/C14H22N2O4S/c1-14(2,13(15)16-17)9-4-10-20-11-5-7-12(8-6-11)21(3,18)19/h5-8,17H,4,9-10H2,1-3H3,(H2,15,16). The number of amidine groups is 1. The van der Waals surface area contributed by atoms with Crippen LogP contribution in [0, 0.1) is 5.41 Å². The lowest BCUT2D eigenvalue weighted by molar-refractivity contribution is 0.277. The van der Waals surface area contributed by atoms with Crippen LogP contribution in [-0.2, 0) is 9.84 Å². The van der Waals surface area contributed by atoms with Crippen LogP contribution in [0.3, 0.4) is 0 Å². The molecule has 6 nitrogen and oxygen atoms in total. The zero-order chi connectivity index (χ0) is 16.1. The van der Waals surface area contributed by atoms with Crippen molar-refractivity contribution in [1.82, 2.24) is 0 Å². The Bertz CT molecular complexity index is 592. The molecule has 3 N–H and O–H groups in total. The number of benzene rings is 1. The van der Waals surface area contributed by atoms with Crippen LogP contribution in [0.5, 0.6) is 5.75 Å². The second kappa shape index (κ2) is 6.80. The lowest BCUT2D eigenvalue weighted by Gasteiger charge is -2.22. The Labute approximate surface area is 125 Å². The third-order valence-electron chi connectivity index (χ3n) is 3.27. The summed E-state index contributed by atoms with van der Waals surface area (Å²) < 4.78 is 28.2. The SMILES string of the molecule is CC(C)(CCCOc1ccc(S(C)(=O)=O)cc1)C(N)=NO. The van der Waals surface area contributed by atoms with E-state index in [1.165, 1.54) is 12.1 Å². The summed E-state index contributed by atoms with van der Waals surface area (Å²) >= 11 is 0. The van der Waals surface area contributed by atoms with Gasteiger partial charge in [0.2, 0.25) is 0 Å². The van der Waals surface area contributed by atoms with Gasteiger partial charge < -0.3 is 15.7 Å². The average Bonchev–Trinajstić information content (AvgIpc) is 2.42. The minimum atomic E-state index is -3.18. The zero-order valence-corrected chi connectivity index (χ0v) is 13.4. The van der Waals surface area contributed by atoms with Gasteiger partial charge in [-0.15, -0.1) is 0 Å². The van der Waals surface area contributed by atoms with Gasteiger partial charge in [0.25, 0.3) is 0 Å². The third kappa shape index (κ3) is 5.26. The Balaban J connectivity index is 2.47. The molecule has 0 aliphatic carbocycles. The topological polar surface area (TPSA) is 102 Å². The van der Waals surface area contributed by atoms with Crippen LogP contribution >= 0.6 is 0 Å². The van der Waals surface area contributed by atoms with Crippen molar-refractivity contribution in [3.8, 4) is 5.75 Å². The van der Waals surface area contributed by atoms with Crippen molar-refractivity contribution in [2.24, 2.45) is 16.3 Å². The molecule has 0 bridgehead atoms. The van der Waals surface area contributed by atoms with Gasteiger partial charge in [-0.05, 0) is 37.1 Å². The summed E-state index contributed by atoms with van der Waals surface area (Å²) in [7, 11) is -3.18. The van der Waals surface area contributed by atoms with E-state index in [9.17, 15) is 8.42 Å². The molecule has 0 unspecified atom stereocenters. The van der Waals surface area contributed by atoms with Crippen LogP contribution in [0.15, 0.2) is 34.3 Å². The van der Waals surface area contributed by atoms with E-state index in [0.717, 1.165) is 12.7 Å². The lowest BCUT2D eigenvalue weighted by Crippen LogP contribution is -2.32. The van der Waals surface area contributed by atoms with Gasteiger partial charge >= 0.3 is 0 Å². The van der Waals surface area contributed by atoms with Crippen LogP contribution < -0.4 is 10.5 Å². The summed E-state index contributed by atoms with van der Waals surface area (Å²) in [4.78, 5) is 0.267. The first-order chi connectivity index (χ1) is 9.66. The number of rotatable bonds is 7. The van der Waals surface area contributed by atoms with Crippen LogP contribution in [0.2, 0.25) is 0 Å². The summed E-state index contributed by atoms with van der Waals surface area (Å²) in [6.07, 6.45) is 2.61. The number of nitrogens with two attached hydrogens (primary N) is 1. The molecular formula is C14H22N2O4S. The minimum absolute atomic E-state index is 0.194. The molecule has 0 saturated carbocycles. The Morgan fingerprint density at radius 3 is 2.38 bits per heavy atom. The van der Waals surface area contributed by atoms with Crippen molar-refractivity contribution >= 4 is 15.7 Å². The highest BCUT2D eigenvalue weighted by atomic mass is 32.2. The Morgan fingerprint density at radius 2 is 1.90 bits per heavy atom. The molecule has 1 rings (SSSR count). The molecule has 118 valence electrons. The van der Waals surface area contributed by atoms with Crippen LogP contribution in [0.1, 0.15) is 26.7 Å². The summed E-state index contributed by atoms with van der Waals surface area (Å²) in [6.45, 7) is 4.26. The Kier molecular flexibility index (Phi) is 5.60. The maximum Gasteiger partial charge on any atom is 0.175 e. The minimum Gasteiger partial charge on any atom is -0.494 e. The summed E-state index contributed by atoms with van der Waals surface area (Å²) in [5, 5.41) is 11.7. The van der Waals surface area contributed by atoms with Crippen LogP contribution in [0.4, 0.5) is 0 Å². The molecule has 0 aliphatic rings. The first kappa shape index (κ1) is 17.3. The van der Waals surface area contributed by atoms with E-state index in [0.29, 0.717) is 18.8 Å². The zero-order valence-electron chi connectivity index (χ0n) is 12.5. The molecular weight excluding hydrogens is 292 g/mol. The molecule has 7 heteroatoms. The summed E-state index contributed by atoms with van der Waals surface area (Å²) in [5.41, 5.74) is 5.21. The van der Waals surface area contributed by atoms with Gasteiger partial charge in [0, 0.05) is 11.7 Å². The lowest BCUT2D eigenvalue weighted by atomic mass is 9.87. The van der Waals surface area contributed by atoms with Crippen LogP contribution in [0.25, 0.3) is 0 Å². The average molecular weight is 314 g/mol. The predicted molar refractivity (Wildman–Crippen MR) is 81.5 cm³/mol. The molecule has 0 atom stereocenters. The first-order valence-corrected chi connectivity index (χ1v) is 8.47. The van der Waals surface area contributed by atoms with Gasteiger partial charge in [-0.1, -0.05) is 19.0 Å². The van der Waals surface area contributed by atoms with Crippen molar-refractivity contribution in [2.45, 2.75) is 31.6 Å². The monoisotopic (exact) mass is 314 g/mol. The molecule has 1 aromatic rings. The van der Waals surface area contributed by atoms with Crippen molar-refractivity contribution in [1.29, 1.82) is 0 Å². The fourth-order valence-electron chi connectivity index (χ4n) is 1.75. The second-order valence-corrected chi connectivity index (χ2v) is 7.58. The maximum absolute atomic E-state index is 11.3. The highest BCUT2D eigenvalue weighted by Gasteiger charge is 2.22. The first-order valence-electron chi connectivity index (χ1n) is 6.58. The largest absolute Gasteiger partial charge is 0.494 e. The number of nitrogens with zero attached hydrogens (tertiary/aromatic N) is 1. The van der Waals surface area contributed by atoms with Crippen molar-refractivity contribution in [2.75, 3.05) is 12.9 Å².